The molecule has 3 rings (SSSR count). The minimum Gasteiger partial charge on any atom is -0.252 e. The lowest BCUT2D eigenvalue weighted by atomic mass is 9.91. The van der Waals surface area contributed by atoms with Crippen LogP contribution in [0.3, 0.4) is 0 Å². The van der Waals surface area contributed by atoms with Gasteiger partial charge in [0.1, 0.15) is 12.7 Å². The van der Waals surface area contributed by atoms with Crippen LogP contribution in [0.1, 0.15) is 29.5 Å². The van der Waals surface area contributed by atoms with E-state index in [0.29, 0.717) is 5.41 Å². The lowest BCUT2D eigenvalue weighted by Gasteiger charge is -2.18. The van der Waals surface area contributed by atoms with Crippen LogP contribution in [0, 0.1) is 13.8 Å². The van der Waals surface area contributed by atoms with Gasteiger partial charge in [-0.1, -0.05) is 23.8 Å². The summed E-state index contributed by atoms with van der Waals surface area (Å²) in [4.78, 5) is 4.02. The minimum absolute atomic E-state index is 0.311. The smallest absolute Gasteiger partial charge is 0.137 e. The molecule has 1 aliphatic carbocycles. The molecule has 88 valence electrons. The Kier molecular flexibility index (Phi) is 2.28. The molecule has 0 atom stereocenters. The number of aryl methyl sites for hydroxylation is 2. The number of rotatable bonds is 3. The summed E-state index contributed by atoms with van der Waals surface area (Å²) in [6.07, 6.45) is 5.94. The molecule has 0 unspecified atom stereocenters. The first-order chi connectivity index (χ1) is 8.20. The van der Waals surface area contributed by atoms with Crippen molar-refractivity contribution in [2.24, 2.45) is 0 Å². The predicted octanol–water partition coefficient (Wildman–Crippen LogP) is 2.63. The molecule has 2 aromatic rings. The van der Waals surface area contributed by atoms with Gasteiger partial charge in [-0.25, -0.2) is 4.98 Å². The zero-order valence-electron chi connectivity index (χ0n) is 10.3. The van der Waals surface area contributed by atoms with Crippen LogP contribution in [0.5, 0.6) is 0 Å². The molecule has 0 spiro atoms. The second-order valence-electron chi connectivity index (χ2n) is 5.19. The quantitative estimate of drug-likeness (QED) is 0.807. The summed E-state index contributed by atoms with van der Waals surface area (Å²) in [7, 11) is 0. The van der Waals surface area contributed by atoms with E-state index in [9.17, 15) is 0 Å². The maximum atomic E-state index is 4.22. The van der Waals surface area contributed by atoms with Crippen LogP contribution in [-0.2, 0) is 12.0 Å². The number of aromatic nitrogens is 3. The van der Waals surface area contributed by atoms with E-state index in [-0.39, 0.29) is 0 Å². The van der Waals surface area contributed by atoms with Crippen LogP contribution in [0.25, 0.3) is 0 Å². The van der Waals surface area contributed by atoms with Gasteiger partial charge in [0, 0.05) is 5.41 Å². The Bertz CT molecular complexity index is 524. The van der Waals surface area contributed by atoms with Crippen molar-refractivity contribution in [2.75, 3.05) is 0 Å². The lowest BCUT2D eigenvalue weighted by Crippen LogP contribution is -2.17. The number of benzene rings is 1. The van der Waals surface area contributed by atoms with Gasteiger partial charge in [-0.05, 0) is 37.8 Å². The highest BCUT2D eigenvalue weighted by atomic mass is 15.3. The van der Waals surface area contributed by atoms with E-state index < -0.39 is 0 Å². The standard InChI is InChI=1S/C14H17N3/c1-11-3-4-13(12(2)7-11)14(5-6-14)8-17-10-15-9-16-17/h3-4,7,9-10H,5-6,8H2,1-2H3. The Morgan fingerprint density at radius 3 is 2.71 bits per heavy atom. The summed E-state index contributed by atoms with van der Waals surface area (Å²) in [5.41, 5.74) is 4.54. The van der Waals surface area contributed by atoms with Crippen LogP contribution in [0.2, 0.25) is 0 Å². The first kappa shape index (κ1) is 10.5. The highest BCUT2D eigenvalue weighted by Crippen LogP contribution is 2.50. The van der Waals surface area contributed by atoms with E-state index in [4.69, 9.17) is 0 Å². The second-order valence-corrected chi connectivity index (χ2v) is 5.19. The normalized spacial score (nSPS) is 17.1. The van der Waals surface area contributed by atoms with Gasteiger partial charge < -0.3 is 0 Å². The summed E-state index contributed by atoms with van der Waals surface area (Å²) in [6.45, 7) is 5.31. The zero-order valence-corrected chi connectivity index (χ0v) is 10.3. The summed E-state index contributed by atoms with van der Waals surface area (Å²) in [5.74, 6) is 0. The molecule has 17 heavy (non-hydrogen) atoms. The van der Waals surface area contributed by atoms with Gasteiger partial charge in [0.15, 0.2) is 0 Å². The van der Waals surface area contributed by atoms with Gasteiger partial charge in [0.2, 0.25) is 0 Å². The Morgan fingerprint density at radius 2 is 2.12 bits per heavy atom. The van der Waals surface area contributed by atoms with E-state index in [0.717, 1.165) is 6.54 Å². The molecule has 1 aromatic carbocycles. The van der Waals surface area contributed by atoms with Crippen LogP contribution >= 0.6 is 0 Å². The summed E-state index contributed by atoms with van der Waals surface area (Å²) in [6, 6.07) is 6.77. The van der Waals surface area contributed by atoms with Gasteiger partial charge in [0.05, 0.1) is 6.54 Å². The zero-order chi connectivity index (χ0) is 11.9. The van der Waals surface area contributed by atoms with Crippen molar-refractivity contribution in [3.8, 4) is 0 Å². The van der Waals surface area contributed by atoms with E-state index in [1.54, 1.807) is 6.33 Å². The molecule has 1 aromatic heterocycles. The second kappa shape index (κ2) is 3.69. The predicted molar refractivity (Wildman–Crippen MR) is 66.9 cm³/mol. The summed E-state index contributed by atoms with van der Waals surface area (Å²) < 4.78 is 1.95. The molecule has 0 N–H and O–H groups in total. The Balaban J connectivity index is 1.92. The molecule has 0 aliphatic heterocycles. The monoisotopic (exact) mass is 227 g/mol. The molecule has 1 heterocycles. The molecular formula is C14H17N3. The SMILES string of the molecule is Cc1ccc(C2(Cn3cncn3)CC2)c(C)c1. The minimum atomic E-state index is 0.311. The third-order valence-corrected chi connectivity index (χ3v) is 3.74. The topological polar surface area (TPSA) is 30.7 Å². The van der Waals surface area contributed by atoms with Crippen molar-refractivity contribution in [3.05, 3.63) is 47.5 Å². The fourth-order valence-corrected chi connectivity index (χ4v) is 2.70. The molecule has 3 heteroatoms. The molecule has 1 fully saturated rings. The number of hydrogen-bond acceptors (Lipinski definition) is 2. The first-order valence-electron chi connectivity index (χ1n) is 6.10. The van der Waals surface area contributed by atoms with E-state index in [2.05, 4.69) is 42.1 Å². The van der Waals surface area contributed by atoms with Crippen molar-refractivity contribution < 1.29 is 0 Å². The Morgan fingerprint density at radius 1 is 1.29 bits per heavy atom. The van der Waals surface area contributed by atoms with E-state index >= 15 is 0 Å². The first-order valence-corrected chi connectivity index (χ1v) is 6.10. The molecule has 1 aliphatic rings. The lowest BCUT2D eigenvalue weighted by molar-refractivity contribution is 0.500. The average Bonchev–Trinajstić information content (AvgIpc) is 2.86. The Labute approximate surface area is 101 Å². The van der Waals surface area contributed by atoms with Gasteiger partial charge in [-0.3, -0.25) is 4.68 Å². The maximum Gasteiger partial charge on any atom is 0.137 e. The van der Waals surface area contributed by atoms with E-state index in [1.807, 2.05) is 11.0 Å². The fourth-order valence-electron chi connectivity index (χ4n) is 2.70. The fraction of sp³-hybridized carbons (Fsp3) is 0.429. The summed E-state index contributed by atoms with van der Waals surface area (Å²) in [5, 5.41) is 4.22. The van der Waals surface area contributed by atoms with Crippen LogP contribution in [-0.4, -0.2) is 14.8 Å². The molecular weight excluding hydrogens is 210 g/mol. The highest BCUT2D eigenvalue weighted by molar-refractivity contribution is 5.39. The van der Waals surface area contributed by atoms with Gasteiger partial charge >= 0.3 is 0 Å². The third-order valence-electron chi connectivity index (χ3n) is 3.74. The average molecular weight is 227 g/mol. The number of hydrogen-bond donors (Lipinski definition) is 0. The van der Waals surface area contributed by atoms with E-state index in [1.165, 1.54) is 29.5 Å². The van der Waals surface area contributed by atoms with Crippen molar-refractivity contribution in [1.29, 1.82) is 0 Å². The molecule has 0 radical (unpaired) electrons. The van der Waals surface area contributed by atoms with Gasteiger partial charge in [-0.2, -0.15) is 5.10 Å². The third kappa shape index (κ3) is 1.86. The van der Waals surface area contributed by atoms with Crippen molar-refractivity contribution in [1.82, 2.24) is 14.8 Å². The molecule has 1 saturated carbocycles. The van der Waals surface area contributed by atoms with Gasteiger partial charge in [0.25, 0.3) is 0 Å². The van der Waals surface area contributed by atoms with Crippen molar-refractivity contribution in [3.63, 3.8) is 0 Å². The highest BCUT2D eigenvalue weighted by Gasteiger charge is 2.45. The van der Waals surface area contributed by atoms with Crippen LogP contribution in [0.4, 0.5) is 0 Å². The Hall–Kier alpha value is -1.64. The summed E-state index contributed by atoms with van der Waals surface area (Å²) >= 11 is 0. The van der Waals surface area contributed by atoms with Crippen LogP contribution in [0.15, 0.2) is 30.9 Å². The molecule has 0 saturated heterocycles. The molecule has 0 bridgehead atoms. The molecule has 0 amide bonds. The molecule has 3 nitrogen and oxygen atoms in total. The number of nitrogens with zero attached hydrogens (tertiary/aromatic N) is 3. The van der Waals surface area contributed by atoms with Crippen molar-refractivity contribution >= 4 is 0 Å². The maximum absolute atomic E-state index is 4.22. The van der Waals surface area contributed by atoms with Gasteiger partial charge in [-0.15, -0.1) is 0 Å². The van der Waals surface area contributed by atoms with Crippen molar-refractivity contribution in [2.45, 2.75) is 38.6 Å². The van der Waals surface area contributed by atoms with Crippen LogP contribution < -0.4 is 0 Å². The largest absolute Gasteiger partial charge is 0.252 e.